The van der Waals surface area contributed by atoms with Gasteiger partial charge in [-0.25, -0.2) is 13.6 Å². The maximum absolute atomic E-state index is 11.2. The second kappa shape index (κ2) is 6.36. The number of sulfonamides is 1. The molecule has 0 aliphatic carbocycles. The highest BCUT2D eigenvalue weighted by Crippen LogP contribution is 2.23. The number of rotatable bonds is 4. The Kier molecular flexibility index (Phi) is 4.44. The zero-order valence-corrected chi connectivity index (χ0v) is 13.6. The van der Waals surface area contributed by atoms with Gasteiger partial charge in [-0.15, -0.1) is 0 Å². The summed E-state index contributed by atoms with van der Waals surface area (Å²) in [5.41, 5.74) is 1.26. The first-order valence-corrected chi connectivity index (χ1v) is 8.98. The molecule has 0 amide bonds. The lowest BCUT2D eigenvalue weighted by molar-refractivity contribution is 0.190. The van der Waals surface area contributed by atoms with E-state index >= 15 is 0 Å². The second-order valence-electron chi connectivity index (χ2n) is 5.67. The summed E-state index contributed by atoms with van der Waals surface area (Å²) >= 11 is 0. The van der Waals surface area contributed by atoms with Crippen molar-refractivity contribution in [3.05, 3.63) is 35.7 Å². The average Bonchev–Trinajstić information content (AvgIpc) is 2.96. The highest BCUT2D eigenvalue weighted by molar-refractivity contribution is 7.88. The van der Waals surface area contributed by atoms with Crippen LogP contribution >= 0.6 is 0 Å². The van der Waals surface area contributed by atoms with E-state index in [0.29, 0.717) is 22.8 Å². The van der Waals surface area contributed by atoms with E-state index in [9.17, 15) is 8.42 Å². The van der Waals surface area contributed by atoms with E-state index < -0.39 is 10.0 Å². The molecule has 0 saturated carbocycles. The number of primary sulfonamides is 1. The summed E-state index contributed by atoms with van der Waals surface area (Å²) in [6.45, 7) is 2.62. The van der Waals surface area contributed by atoms with Crippen molar-refractivity contribution in [2.45, 2.75) is 11.8 Å². The first-order valence-electron chi connectivity index (χ1n) is 7.27. The Balaban J connectivity index is 1.84. The lowest BCUT2D eigenvalue weighted by Crippen LogP contribution is -2.44. The molecule has 1 atom stereocenters. The smallest absolute Gasteiger partial charge is 0.257 e. The number of piperazine rings is 1. The van der Waals surface area contributed by atoms with Crippen molar-refractivity contribution in [3.63, 3.8) is 0 Å². The van der Waals surface area contributed by atoms with Crippen LogP contribution in [-0.4, -0.2) is 50.1 Å². The van der Waals surface area contributed by atoms with Crippen LogP contribution in [-0.2, 0) is 15.8 Å². The number of benzene rings is 1. The van der Waals surface area contributed by atoms with Gasteiger partial charge in [0.2, 0.25) is 10.0 Å². The van der Waals surface area contributed by atoms with Crippen LogP contribution in [0.5, 0.6) is 0 Å². The Morgan fingerprint density at radius 2 is 2.30 bits per heavy atom. The second-order valence-corrected chi connectivity index (χ2v) is 7.28. The van der Waals surface area contributed by atoms with Gasteiger partial charge in [0, 0.05) is 25.2 Å². The third-order valence-electron chi connectivity index (χ3n) is 3.79. The number of likely N-dealkylation sites (N-methyl/N-ethyl adjacent to an activating group) is 1. The van der Waals surface area contributed by atoms with Crippen molar-refractivity contribution >= 4 is 10.0 Å². The zero-order chi connectivity index (χ0) is 16.4. The largest absolute Gasteiger partial charge is 0.334 e. The molecule has 3 rings (SSSR count). The third-order valence-corrected chi connectivity index (χ3v) is 4.53. The molecular formula is C14H19N5O3S. The Morgan fingerprint density at radius 1 is 1.48 bits per heavy atom. The van der Waals surface area contributed by atoms with Crippen molar-refractivity contribution in [1.82, 2.24) is 20.4 Å². The molecule has 2 heterocycles. The normalized spacial score (nSPS) is 19.8. The van der Waals surface area contributed by atoms with Crippen LogP contribution in [0.1, 0.15) is 17.4 Å². The summed E-state index contributed by atoms with van der Waals surface area (Å²) in [4.78, 5) is 6.62. The fourth-order valence-electron chi connectivity index (χ4n) is 2.61. The average molecular weight is 337 g/mol. The van der Waals surface area contributed by atoms with E-state index in [-0.39, 0.29) is 11.8 Å². The molecule has 8 nitrogen and oxygen atoms in total. The standard InChI is InChI=1S/C14H19N5O3S/c1-19-6-5-16-8-12(19)13-17-14(22-18-13)11-4-2-3-10(7-11)9-23(15,20)21/h2-4,7,12,16H,5-6,8-9H2,1H3,(H2,15,20,21). The van der Waals surface area contributed by atoms with Crippen molar-refractivity contribution in [3.8, 4) is 11.5 Å². The number of nitrogens with two attached hydrogens (primary N) is 1. The lowest BCUT2D eigenvalue weighted by Gasteiger charge is -2.30. The molecule has 2 aromatic rings. The molecule has 1 unspecified atom stereocenters. The van der Waals surface area contributed by atoms with Crippen LogP contribution in [0.2, 0.25) is 0 Å². The minimum atomic E-state index is -3.58. The van der Waals surface area contributed by atoms with Gasteiger partial charge in [-0.2, -0.15) is 4.98 Å². The minimum absolute atomic E-state index is 0.0638. The van der Waals surface area contributed by atoms with E-state index in [4.69, 9.17) is 9.66 Å². The van der Waals surface area contributed by atoms with Gasteiger partial charge in [-0.1, -0.05) is 17.3 Å². The fourth-order valence-corrected chi connectivity index (χ4v) is 3.25. The number of aromatic nitrogens is 2. The molecule has 0 spiro atoms. The molecule has 23 heavy (non-hydrogen) atoms. The lowest BCUT2D eigenvalue weighted by atomic mass is 10.1. The van der Waals surface area contributed by atoms with Crippen LogP contribution in [0.15, 0.2) is 28.8 Å². The Hall–Kier alpha value is -1.81. The number of hydrogen-bond acceptors (Lipinski definition) is 7. The molecule has 1 aromatic heterocycles. The highest BCUT2D eigenvalue weighted by Gasteiger charge is 2.25. The molecule has 1 aromatic carbocycles. The maximum Gasteiger partial charge on any atom is 0.257 e. The maximum atomic E-state index is 11.2. The molecule has 3 N–H and O–H groups in total. The van der Waals surface area contributed by atoms with Gasteiger partial charge in [0.1, 0.15) is 0 Å². The molecule has 0 radical (unpaired) electrons. The van der Waals surface area contributed by atoms with Gasteiger partial charge in [0.05, 0.1) is 11.8 Å². The monoisotopic (exact) mass is 337 g/mol. The van der Waals surface area contributed by atoms with E-state index in [1.54, 1.807) is 24.3 Å². The fraction of sp³-hybridized carbons (Fsp3) is 0.429. The molecule has 1 aliphatic rings. The first-order chi connectivity index (χ1) is 10.9. The van der Waals surface area contributed by atoms with Gasteiger partial charge < -0.3 is 9.84 Å². The van der Waals surface area contributed by atoms with Gasteiger partial charge in [-0.05, 0) is 24.7 Å². The summed E-state index contributed by atoms with van der Waals surface area (Å²) in [5.74, 6) is 0.763. The molecule has 0 bridgehead atoms. The molecule has 9 heteroatoms. The van der Waals surface area contributed by atoms with E-state index in [1.165, 1.54) is 0 Å². The SMILES string of the molecule is CN1CCNCC1c1noc(-c2cccc(CS(N)(=O)=O)c2)n1. The van der Waals surface area contributed by atoms with Gasteiger partial charge in [0.15, 0.2) is 5.82 Å². The molecule has 1 fully saturated rings. The van der Waals surface area contributed by atoms with E-state index in [1.807, 2.05) is 7.05 Å². The van der Waals surface area contributed by atoms with Crippen LogP contribution in [0.4, 0.5) is 0 Å². The predicted octanol–water partition coefficient (Wildman–Crippen LogP) is 0.101. The predicted molar refractivity (Wildman–Crippen MR) is 84.8 cm³/mol. The quantitative estimate of drug-likeness (QED) is 0.813. The topological polar surface area (TPSA) is 114 Å². The Labute approximate surface area is 134 Å². The molecule has 1 aliphatic heterocycles. The summed E-state index contributed by atoms with van der Waals surface area (Å²) in [6.07, 6.45) is 0. The summed E-state index contributed by atoms with van der Waals surface area (Å²) in [7, 11) is -1.55. The molecular weight excluding hydrogens is 318 g/mol. The number of nitrogens with one attached hydrogen (secondary N) is 1. The first kappa shape index (κ1) is 16.1. The van der Waals surface area contributed by atoms with E-state index in [0.717, 1.165) is 19.6 Å². The number of hydrogen-bond donors (Lipinski definition) is 2. The minimum Gasteiger partial charge on any atom is -0.334 e. The van der Waals surface area contributed by atoms with Crippen molar-refractivity contribution in [2.75, 3.05) is 26.7 Å². The van der Waals surface area contributed by atoms with Crippen molar-refractivity contribution < 1.29 is 12.9 Å². The highest BCUT2D eigenvalue weighted by atomic mass is 32.2. The zero-order valence-electron chi connectivity index (χ0n) is 12.8. The van der Waals surface area contributed by atoms with Crippen LogP contribution < -0.4 is 10.5 Å². The van der Waals surface area contributed by atoms with Gasteiger partial charge >= 0.3 is 0 Å². The van der Waals surface area contributed by atoms with Crippen LogP contribution in [0, 0.1) is 0 Å². The van der Waals surface area contributed by atoms with Crippen LogP contribution in [0.25, 0.3) is 11.5 Å². The van der Waals surface area contributed by atoms with Crippen molar-refractivity contribution in [1.29, 1.82) is 0 Å². The van der Waals surface area contributed by atoms with Gasteiger partial charge in [-0.3, -0.25) is 4.90 Å². The Morgan fingerprint density at radius 3 is 3.04 bits per heavy atom. The number of nitrogens with zero attached hydrogens (tertiary/aromatic N) is 3. The summed E-state index contributed by atoms with van der Waals surface area (Å²) in [5, 5.41) is 12.4. The Bertz CT molecular complexity index is 789. The molecule has 124 valence electrons. The van der Waals surface area contributed by atoms with E-state index in [2.05, 4.69) is 20.4 Å². The summed E-state index contributed by atoms with van der Waals surface area (Å²) < 4.78 is 27.8. The molecule has 1 saturated heterocycles. The van der Waals surface area contributed by atoms with Crippen molar-refractivity contribution in [2.24, 2.45) is 5.14 Å². The summed E-state index contributed by atoms with van der Waals surface area (Å²) in [6, 6.07) is 7.00. The van der Waals surface area contributed by atoms with Gasteiger partial charge in [0.25, 0.3) is 5.89 Å². The van der Waals surface area contributed by atoms with Crippen LogP contribution in [0.3, 0.4) is 0 Å². The third kappa shape index (κ3) is 3.94.